The van der Waals surface area contributed by atoms with Crippen molar-refractivity contribution < 1.29 is 19.8 Å². The first kappa shape index (κ1) is 13.8. The summed E-state index contributed by atoms with van der Waals surface area (Å²) < 4.78 is 0. The van der Waals surface area contributed by atoms with Gasteiger partial charge in [0.1, 0.15) is 11.5 Å². The Balaban J connectivity index is 2.20. The molecule has 0 unspecified atom stereocenters. The van der Waals surface area contributed by atoms with Crippen molar-refractivity contribution >= 4 is 11.6 Å². The van der Waals surface area contributed by atoms with Crippen LogP contribution in [0.15, 0.2) is 48.5 Å². The second-order valence-electron chi connectivity index (χ2n) is 4.54. The summed E-state index contributed by atoms with van der Waals surface area (Å²) in [7, 11) is 0. The molecule has 0 saturated carbocycles. The highest BCUT2D eigenvalue weighted by molar-refractivity contribution is 6.15. The van der Waals surface area contributed by atoms with Crippen LogP contribution in [0.3, 0.4) is 0 Å². The van der Waals surface area contributed by atoms with Crippen LogP contribution in [0.1, 0.15) is 27.6 Å². The molecular weight excluding hydrogens is 256 g/mol. The summed E-state index contributed by atoms with van der Waals surface area (Å²) in [5, 5.41) is 18.4. The maximum Gasteiger partial charge on any atom is 0.173 e. The second kappa shape index (κ2) is 5.57. The zero-order chi connectivity index (χ0) is 14.7. The highest BCUT2D eigenvalue weighted by atomic mass is 16.3. The van der Waals surface area contributed by atoms with Crippen molar-refractivity contribution in [2.45, 2.75) is 6.92 Å². The minimum Gasteiger partial charge on any atom is -0.508 e. The fraction of sp³-hybridized carbons (Fsp3) is 0.125. The lowest BCUT2D eigenvalue weighted by Gasteiger charge is -2.10. The zero-order valence-electron chi connectivity index (χ0n) is 10.9. The van der Waals surface area contributed by atoms with E-state index in [-0.39, 0.29) is 23.1 Å². The topological polar surface area (TPSA) is 74.6 Å². The van der Waals surface area contributed by atoms with Gasteiger partial charge in [-0.2, -0.15) is 0 Å². The minimum atomic E-state index is -0.816. The molecule has 0 aliphatic carbocycles. The lowest BCUT2D eigenvalue weighted by molar-refractivity contribution is 0.0821. The van der Waals surface area contributed by atoms with Crippen molar-refractivity contribution in [3.05, 3.63) is 59.7 Å². The number of rotatable bonds is 4. The smallest absolute Gasteiger partial charge is 0.173 e. The molecule has 2 rings (SSSR count). The molecular formula is C16H14O4. The Morgan fingerprint density at radius 3 is 1.35 bits per heavy atom. The minimum absolute atomic E-state index is 0.0686. The largest absolute Gasteiger partial charge is 0.508 e. The Hall–Kier alpha value is -2.62. The molecule has 2 N–H and O–H groups in total. The van der Waals surface area contributed by atoms with Crippen LogP contribution >= 0.6 is 0 Å². The molecule has 2 aromatic carbocycles. The molecule has 0 bridgehead atoms. The van der Waals surface area contributed by atoms with Crippen LogP contribution in [0, 0.1) is 5.92 Å². The molecule has 0 atom stereocenters. The number of phenols is 2. The highest BCUT2D eigenvalue weighted by Gasteiger charge is 2.23. The summed E-state index contributed by atoms with van der Waals surface area (Å²) in [5.41, 5.74) is 0.754. The Labute approximate surface area is 116 Å². The predicted octanol–water partition coefficient (Wildman–Crippen LogP) is 2.80. The third kappa shape index (κ3) is 2.85. The van der Waals surface area contributed by atoms with E-state index >= 15 is 0 Å². The molecule has 0 aromatic heterocycles. The summed E-state index contributed by atoms with van der Waals surface area (Å²) in [5.74, 6) is -1.28. The number of hydrogen-bond acceptors (Lipinski definition) is 4. The number of ketones is 2. The summed E-state index contributed by atoms with van der Waals surface area (Å²) >= 11 is 0. The van der Waals surface area contributed by atoms with Crippen LogP contribution in [0.2, 0.25) is 0 Å². The van der Waals surface area contributed by atoms with E-state index in [1.54, 1.807) is 6.92 Å². The Morgan fingerprint density at radius 2 is 1.05 bits per heavy atom. The molecule has 102 valence electrons. The molecule has 0 radical (unpaired) electrons. The standard InChI is InChI=1S/C16H14O4/c1-10(15(19)11-2-6-13(17)7-3-11)16(20)12-4-8-14(18)9-5-12/h2-10,17-18H,1H3. The third-order valence-electron chi connectivity index (χ3n) is 3.09. The van der Waals surface area contributed by atoms with Gasteiger partial charge in [-0.3, -0.25) is 9.59 Å². The molecule has 0 fully saturated rings. The van der Waals surface area contributed by atoms with Gasteiger partial charge in [-0.15, -0.1) is 0 Å². The van der Waals surface area contributed by atoms with Crippen molar-refractivity contribution in [3.63, 3.8) is 0 Å². The molecule has 0 saturated heterocycles. The lowest BCUT2D eigenvalue weighted by Crippen LogP contribution is -2.21. The summed E-state index contributed by atoms with van der Waals surface area (Å²) in [6, 6.07) is 11.6. The number of hydrogen-bond donors (Lipinski definition) is 2. The molecule has 4 heteroatoms. The molecule has 0 heterocycles. The van der Waals surface area contributed by atoms with Crippen LogP contribution in [0.4, 0.5) is 0 Å². The molecule has 0 amide bonds. The summed E-state index contributed by atoms with van der Waals surface area (Å²) in [4.78, 5) is 24.4. The number of benzene rings is 2. The number of Topliss-reactive ketones (excluding diaryl/α,β-unsaturated/α-hetero) is 2. The van der Waals surface area contributed by atoms with Crippen molar-refractivity contribution in [1.29, 1.82) is 0 Å². The van der Waals surface area contributed by atoms with Crippen LogP contribution in [-0.2, 0) is 0 Å². The zero-order valence-corrected chi connectivity index (χ0v) is 10.9. The van der Waals surface area contributed by atoms with E-state index in [1.165, 1.54) is 48.5 Å². The fourth-order valence-electron chi connectivity index (χ4n) is 1.87. The molecule has 0 spiro atoms. The monoisotopic (exact) mass is 270 g/mol. The van der Waals surface area contributed by atoms with Crippen LogP contribution in [0.25, 0.3) is 0 Å². The lowest BCUT2D eigenvalue weighted by atomic mass is 9.91. The van der Waals surface area contributed by atoms with Gasteiger partial charge >= 0.3 is 0 Å². The fourth-order valence-corrected chi connectivity index (χ4v) is 1.87. The second-order valence-corrected chi connectivity index (χ2v) is 4.54. The average Bonchev–Trinajstić information content (AvgIpc) is 2.46. The SMILES string of the molecule is CC(C(=O)c1ccc(O)cc1)C(=O)c1ccc(O)cc1. The summed E-state index contributed by atoms with van der Waals surface area (Å²) in [6.07, 6.45) is 0. The maximum absolute atomic E-state index is 12.2. The van der Waals surface area contributed by atoms with Gasteiger partial charge in [0.15, 0.2) is 11.6 Å². The van der Waals surface area contributed by atoms with Gasteiger partial charge in [-0.1, -0.05) is 0 Å². The number of carbonyl (C=O) groups excluding carboxylic acids is 2. The van der Waals surface area contributed by atoms with E-state index in [2.05, 4.69) is 0 Å². The molecule has 0 aliphatic heterocycles. The normalized spacial score (nSPS) is 10.5. The third-order valence-corrected chi connectivity index (χ3v) is 3.09. The Morgan fingerprint density at radius 1 is 0.750 bits per heavy atom. The highest BCUT2D eigenvalue weighted by Crippen LogP contribution is 2.18. The van der Waals surface area contributed by atoms with Crippen molar-refractivity contribution in [3.8, 4) is 11.5 Å². The maximum atomic E-state index is 12.2. The van der Waals surface area contributed by atoms with Gasteiger partial charge in [0.05, 0.1) is 5.92 Å². The van der Waals surface area contributed by atoms with Crippen molar-refractivity contribution in [2.24, 2.45) is 5.92 Å². The van der Waals surface area contributed by atoms with E-state index in [4.69, 9.17) is 0 Å². The van der Waals surface area contributed by atoms with E-state index < -0.39 is 5.92 Å². The van der Waals surface area contributed by atoms with E-state index in [1.807, 2.05) is 0 Å². The first-order valence-electron chi connectivity index (χ1n) is 6.15. The number of carbonyl (C=O) groups is 2. The van der Waals surface area contributed by atoms with Crippen LogP contribution in [-0.4, -0.2) is 21.8 Å². The Kier molecular flexibility index (Phi) is 3.84. The first-order chi connectivity index (χ1) is 9.49. The Bertz CT molecular complexity index is 569. The van der Waals surface area contributed by atoms with Gasteiger partial charge in [0, 0.05) is 11.1 Å². The van der Waals surface area contributed by atoms with Gasteiger partial charge in [0.2, 0.25) is 0 Å². The van der Waals surface area contributed by atoms with Gasteiger partial charge in [-0.25, -0.2) is 0 Å². The van der Waals surface area contributed by atoms with Crippen LogP contribution < -0.4 is 0 Å². The summed E-state index contributed by atoms with van der Waals surface area (Å²) in [6.45, 7) is 1.55. The number of aromatic hydroxyl groups is 2. The number of phenolic OH excluding ortho intramolecular Hbond substituents is 2. The van der Waals surface area contributed by atoms with Gasteiger partial charge in [0.25, 0.3) is 0 Å². The average molecular weight is 270 g/mol. The molecule has 2 aromatic rings. The van der Waals surface area contributed by atoms with Gasteiger partial charge in [-0.05, 0) is 55.5 Å². The van der Waals surface area contributed by atoms with Crippen LogP contribution in [0.5, 0.6) is 11.5 Å². The van der Waals surface area contributed by atoms with E-state index in [0.717, 1.165) is 0 Å². The molecule has 0 aliphatic rings. The molecule has 20 heavy (non-hydrogen) atoms. The van der Waals surface area contributed by atoms with E-state index in [0.29, 0.717) is 11.1 Å². The van der Waals surface area contributed by atoms with E-state index in [9.17, 15) is 19.8 Å². The molecule has 4 nitrogen and oxygen atoms in total. The van der Waals surface area contributed by atoms with Crippen molar-refractivity contribution in [1.82, 2.24) is 0 Å². The van der Waals surface area contributed by atoms with Crippen molar-refractivity contribution in [2.75, 3.05) is 0 Å². The van der Waals surface area contributed by atoms with Gasteiger partial charge < -0.3 is 10.2 Å². The quantitative estimate of drug-likeness (QED) is 0.661. The predicted molar refractivity (Wildman–Crippen MR) is 74.0 cm³/mol. The first-order valence-corrected chi connectivity index (χ1v) is 6.15.